The zero-order valence-electron chi connectivity index (χ0n) is 12.8. The summed E-state index contributed by atoms with van der Waals surface area (Å²) in [6.45, 7) is 0. The van der Waals surface area contributed by atoms with Gasteiger partial charge < -0.3 is 10.6 Å². The highest BCUT2D eigenvalue weighted by Gasteiger charge is 2.05. The van der Waals surface area contributed by atoms with Crippen LogP contribution in [0.3, 0.4) is 0 Å². The van der Waals surface area contributed by atoms with Crippen molar-refractivity contribution in [3.05, 3.63) is 76.5 Å². The summed E-state index contributed by atoms with van der Waals surface area (Å²) in [6.07, 6.45) is 0.392. The molecule has 1 aromatic heterocycles. The predicted octanol–water partition coefficient (Wildman–Crippen LogP) is 4.54. The van der Waals surface area contributed by atoms with Crippen molar-refractivity contribution in [2.75, 3.05) is 10.6 Å². The standard InChI is InChI=1S/C19H15N3OS/c20-13-14-3-5-15(6-4-14)21-16-7-9-17(10-8-16)22-19(23)12-18-2-1-11-24-18/h1-11,21H,12H2,(H,22,23). The van der Waals surface area contributed by atoms with E-state index in [-0.39, 0.29) is 5.91 Å². The zero-order valence-corrected chi connectivity index (χ0v) is 13.6. The lowest BCUT2D eigenvalue weighted by molar-refractivity contribution is -0.115. The summed E-state index contributed by atoms with van der Waals surface area (Å²) in [6, 6.07) is 20.8. The number of hydrogen-bond acceptors (Lipinski definition) is 4. The third-order valence-corrected chi connectivity index (χ3v) is 4.26. The SMILES string of the molecule is N#Cc1ccc(Nc2ccc(NC(=O)Cc3cccs3)cc2)cc1. The van der Waals surface area contributed by atoms with Crippen LogP contribution in [0, 0.1) is 11.3 Å². The molecule has 1 heterocycles. The summed E-state index contributed by atoms with van der Waals surface area (Å²) < 4.78 is 0. The number of nitrogens with one attached hydrogen (secondary N) is 2. The Morgan fingerprint density at radius 2 is 1.58 bits per heavy atom. The van der Waals surface area contributed by atoms with Crippen molar-refractivity contribution in [3.63, 3.8) is 0 Å². The van der Waals surface area contributed by atoms with E-state index in [9.17, 15) is 4.79 Å². The van der Waals surface area contributed by atoms with Gasteiger partial charge in [-0.05, 0) is 60.0 Å². The Morgan fingerprint density at radius 3 is 2.17 bits per heavy atom. The van der Waals surface area contributed by atoms with Gasteiger partial charge >= 0.3 is 0 Å². The molecular formula is C19H15N3OS. The molecule has 24 heavy (non-hydrogen) atoms. The molecule has 0 fully saturated rings. The second kappa shape index (κ2) is 7.44. The summed E-state index contributed by atoms with van der Waals surface area (Å²) >= 11 is 1.58. The number of carbonyl (C=O) groups excluding carboxylic acids is 1. The maximum atomic E-state index is 12.0. The number of nitriles is 1. The molecule has 118 valence electrons. The van der Waals surface area contributed by atoms with Crippen molar-refractivity contribution >= 4 is 34.3 Å². The fourth-order valence-electron chi connectivity index (χ4n) is 2.21. The highest BCUT2D eigenvalue weighted by Crippen LogP contribution is 2.19. The average Bonchev–Trinajstić information content (AvgIpc) is 3.10. The summed E-state index contributed by atoms with van der Waals surface area (Å²) in [4.78, 5) is 13.0. The molecule has 0 bridgehead atoms. The molecule has 0 aliphatic rings. The Bertz CT molecular complexity index is 847. The molecule has 0 unspecified atom stereocenters. The Hall–Kier alpha value is -3.10. The van der Waals surface area contributed by atoms with Crippen LogP contribution in [0.2, 0.25) is 0 Å². The molecule has 0 saturated carbocycles. The van der Waals surface area contributed by atoms with Gasteiger partial charge in [0.1, 0.15) is 0 Å². The first kappa shape index (κ1) is 15.8. The van der Waals surface area contributed by atoms with Crippen LogP contribution in [-0.4, -0.2) is 5.91 Å². The van der Waals surface area contributed by atoms with Crippen molar-refractivity contribution in [1.82, 2.24) is 0 Å². The lowest BCUT2D eigenvalue weighted by Crippen LogP contribution is -2.13. The lowest BCUT2D eigenvalue weighted by atomic mass is 10.2. The van der Waals surface area contributed by atoms with Gasteiger partial charge in [0, 0.05) is 21.9 Å². The lowest BCUT2D eigenvalue weighted by Gasteiger charge is -2.08. The first-order valence-electron chi connectivity index (χ1n) is 7.42. The van der Waals surface area contributed by atoms with Crippen LogP contribution in [-0.2, 0) is 11.2 Å². The summed E-state index contributed by atoms with van der Waals surface area (Å²) in [5.41, 5.74) is 3.21. The molecule has 3 rings (SSSR count). The fraction of sp³-hybridized carbons (Fsp3) is 0.0526. The minimum absolute atomic E-state index is 0.0229. The van der Waals surface area contributed by atoms with E-state index in [1.54, 1.807) is 23.5 Å². The van der Waals surface area contributed by atoms with E-state index < -0.39 is 0 Å². The number of nitrogens with zero attached hydrogens (tertiary/aromatic N) is 1. The van der Waals surface area contributed by atoms with Gasteiger partial charge in [-0.2, -0.15) is 5.26 Å². The Labute approximate surface area is 144 Å². The quantitative estimate of drug-likeness (QED) is 0.720. The molecular weight excluding hydrogens is 318 g/mol. The molecule has 5 heteroatoms. The van der Waals surface area contributed by atoms with Crippen LogP contribution in [0.25, 0.3) is 0 Å². The van der Waals surface area contributed by atoms with Crippen LogP contribution in [0.15, 0.2) is 66.0 Å². The van der Waals surface area contributed by atoms with E-state index in [1.165, 1.54) is 0 Å². The summed E-state index contributed by atoms with van der Waals surface area (Å²) in [7, 11) is 0. The fourth-order valence-corrected chi connectivity index (χ4v) is 2.91. The number of thiophene rings is 1. The number of anilines is 3. The largest absolute Gasteiger partial charge is 0.356 e. The minimum atomic E-state index is -0.0229. The van der Waals surface area contributed by atoms with Gasteiger partial charge in [-0.15, -0.1) is 11.3 Å². The van der Waals surface area contributed by atoms with Crippen molar-refractivity contribution in [3.8, 4) is 6.07 Å². The van der Waals surface area contributed by atoms with E-state index in [0.717, 1.165) is 21.9 Å². The number of carbonyl (C=O) groups is 1. The monoisotopic (exact) mass is 333 g/mol. The first-order chi connectivity index (χ1) is 11.7. The predicted molar refractivity (Wildman–Crippen MR) is 97.5 cm³/mol. The molecule has 2 aromatic carbocycles. The van der Waals surface area contributed by atoms with Gasteiger partial charge in [0.15, 0.2) is 0 Å². The van der Waals surface area contributed by atoms with E-state index in [0.29, 0.717) is 12.0 Å². The third-order valence-electron chi connectivity index (χ3n) is 3.39. The van der Waals surface area contributed by atoms with Gasteiger partial charge in [-0.1, -0.05) is 6.07 Å². The Balaban J connectivity index is 1.58. The van der Waals surface area contributed by atoms with Gasteiger partial charge in [0.2, 0.25) is 5.91 Å². The van der Waals surface area contributed by atoms with E-state index >= 15 is 0 Å². The molecule has 0 atom stereocenters. The van der Waals surface area contributed by atoms with Crippen LogP contribution in [0.4, 0.5) is 17.1 Å². The van der Waals surface area contributed by atoms with E-state index in [4.69, 9.17) is 5.26 Å². The summed E-state index contributed by atoms with van der Waals surface area (Å²) in [5, 5.41) is 16.9. The number of amides is 1. The van der Waals surface area contributed by atoms with E-state index in [2.05, 4.69) is 16.7 Å². The number of rotatable bonds is 5. The van der Waals surface area contributed by atoms with Crippen molar-refractivity contribution < 1.29 is 4.79 Å². The van der Waals surface area contributed by atoms with Gasteiger partial charge in [-0.25, -0.2) is 0 Å². The van der Waals surface area contributed by atoms with Crippen LogP contribution >= 0.6 is 11.3 Å². The minimum Gasteiger partial charge on any atom is -0.356 e. The molecule has 0 spiro atoms. The number of benzene rings is 2. The molecule has 0 saturated heterocycles. The average molecular weight is 333 g/mol. The van der Waals surface area contributed by atoms with Gasteiger partial charge in [0.05, 0.1) is 18.1 Å². The van der Waals surface area contributed by atoms with Crippen LogP contribution < -0.4 is 10.6 Å². The normalized spacial score (nSPS) is 9.96. The molecule has 4 nitrogen and oxygen atoms in total. The molecule has 0 aliphatic heterocycles. The maximum Gasteiger partial charge on any atom is 0.229 e. The zero-order chi connectivity index (χ0) is 16.8. The molecule has 0 radical (unpaired) electrons. The first-order valence-corrected chi connectivity index (χ1v) is 8.30. The molecule has 0 aliphatic carbocycles. The molecule has 1 amide bonds. The summed E-state index contributed by atoms with van der Waals surface area (Å²) in [5.74, 6) is -0.0229. The Kier molecular flexibility index (Phi) is 4.90. The van der Waals surface area contributed by atoms with Crippen LogP contribution in [0.5, 0.6) is 0 Å². The number of hydrogen-bond donors (Lipinski definition) is 2. The second-order valence-electron chi connectivity index (χ2n) is 5.20. The van der Waals surface area contributed by atoms with Crippen molar-refractivity contribution in [1.29, 1.82) is 5.26 Å². The highest BCUT2D eigenvalue weighted by molar-refractivity contribution is 7.10. The topological polar surface area (TPSA) is 64.9 Å². The highest BCUT2D eigenvalue weighted by atomic mass is 32.1. The van der Waals surface area contributed by atoms with E-state index in [1.807, 2.05) is 53.9 Å². The molecule has 2 N–H and O–H groups in total. The van der Waals surface area contributed by atoms with Gasteiger partial charge in [-0.3, -0.25) is 4.79 Å². The van der Waals surface area contributed by atoms with Crippen LogP contribution in [0.1, 0.15) is 10.4 Å². The Morgan fingerprint density at radius 1 is 0.958 bits per heavy atom. The third kappa shape index (κ3) is 4.22. The van der Waals surface area contributed by atoms with Crippen molar-refractivity contribution in [2.45, 2.75) is 6.42 Å². The van der Waals surface area contributed by atoms with Gasteiger partial charge in [0.25, 0.3) is 0 Å². The second-order valence-corrected chi connectivity index (χ2v) is 6.23. The smallest absolute Gasteiger partial charge is 0.229 e. The van der Waals surface area contributed by atoms with Crippen molar-refractivity contribution in [2.24, 2.45) is 0 Å². The maximum absolute atomic E-state index is 12.0. The molecule has 3 aromatic rings.